The van der Waals surface area contributed by atoms with Gasteiger partial charge in [-0.25, -0.2) is 8.42 Å². The minimum absolute atomic E-state index is 0.256. The third-order valence-corrected chi connectivity index (χ3v) is 5.44. The lowest BCUT2D eigenvalue weighted by molar-refractivity contribution is 0.199. The number of nitrogens with zero attached hydrogens (tertiary/aromatic N) is 1. The molecule has 0 saturated carbocycles. The van der Waals surface area contributed by atoms with Crippen LogP contribution in [0.5, 0.6) is 0 Å². The fourth-order valence-electron chi connectivity index (χ4n) is 2.44. The van der Waals surface area contributed by atoms with E-state index in [0.717, 1.165) is 18.8 Å². The average Bonchev–Trinajstić information content (AvgIpc) is 2.45. The van der Waals surface area contributed by atoms with Crippen LogP contribution < -0.4 is 10.2 Å². The van der Waals surface area contributed by atoms with E-state index in [9.17, 15) is 8.42 Å². The van der Waals surface area contributed by atoms with Crippen molar-refractivity contribution in [2.45, 2.75) is 13.5 Å². The SMILES string of the molecule is COCCNCc1ccc(N2CCS(=O)(=O)CC2)cc1C. The molecule has 1 fully saturated rings. The van der Waals surface area contributed by atoms with Crippen LogP contribution in [0.25, 0.3) is 0 Å². The summed E-state index contributed by atoms with van der Waals surface area (Å²) < 4.78 is 28.0. The highest BCUT2D eigenvalue weighted by atomic mass is 32.2. The molecule has 1 aromatic rings. The van der Waals surface area contributed by atoms with Crippen molar-refractivity contribution in [3.05, 3.63) is 29.3 Å². The van der Waals surface area contributed by atoms with Crippen LogP contribution in [0, 0.1) is 6.92 Å². The van der Waals surface area contributed by atoms with E-state index in [-0.39, 0.29) is 11.5 Å². The van der Waals surface area contributed by atoms with Gasteiger partial charge in [-0.1, -0.05) is 6.07 Å². The van der Waals surface area contributed by atoms with Gasteiger partial charge in [0, 0.05) is 39.0 Å². The van der Waals surface area contributed by atoms with E-state index in [1.807, 2.05) is 0 Å². The van der Waals surface area contributed by atoms with Crippen LogP contribution in [0.3, 0.4) is 0 Å². The molecule has 2 rings (SSSR count). The highest BCUT2D eigenvalue weighted by Crippen LogP contribution is 2.21. The molecule has 0 bridgehead atoms. The second kappa shape index (κ2) is 7.24. The number of hydrogen-bond donors (Lipinski definition) is 1. The van der Waals surface area contributed by atoms with Gasteiger partial charge in [-0.3, -0.25) is 0 Å². The summed E-state index contributed by atoms with van der Waals surface area (Å²) in [6.45, 7) is 5.64. The Bertz CT molecular complexity index is 558. The van der Waals surface area contributed by atoms with Crippen molar-refractivity contribution in [2.75, 3.05) is 49.8 Å². The summed E-state index contributed by atoms with van der Waals surface area (Å²) in [5, 5.41) is 3.34. The first-order chi connectivity index (χ1) is 10.0. The zero-order valence-corrected chi connectivity index (χ0v) is 13.6. The maximum absolute atomic E-state index is 11.5. The number of aryl methyl sites for hydroxylation is 1. The molecule has 0 amide bonds. The van der Waals surface area contributed by atoms with Gasteiger partial charge >= 0.3 is 0 Å². The van der Waals surface area contributed by atoms with Crippen molar-refractivity contribution in [1.29, 1.82) is 0 Å². The van der Waals surface area contributed by atoms with Crippen molar-refractivity contribution in [3.63, 3.8) is 0 Å². The van der Waals surface area contributed by atoms with E-state index in [2.05, 4.69) is 35.3 Å². The number of ether oxygens (including phenoxy) is 1. The van der Waals surface area contributed by atoms with Crippen molar-refractivity contribution in [1.82, 2.24) is 5.32 Å². The first-order valence-electron chi connectivity index (χ1n) is 7.26. The molecular formula is C15H24N2O3S. The Kier molecular flexibility index (Phi) is 5.61. The number of methoxy groups -OCH3 is 1. The molecule has 6 heteroatoms. The van der Waals surface area contributed by atoms with E-state index in [1.54, 1.807) is 7.11 Å². The number of benzene rings is 1. The minimum atomic E-state index is -2.82. The molecule has 1 aromatic carbocycles. The molecule has 0 unspecified atom stereocenters. The summed E-state index contributed by atoms with van der Waals surface area (Å²) in [5.74, 6) is 0.513. The second-order valence-corrected chi connectivity index (χ2v) is 7.72. The van der Waals surface area contributed by atoms with Crippen LogP contribution in [0.2, 0.25) is 0 Å². The van der Waals surface area contributed by atoms with Gasteiger partial charge in [-0.2, -0.15) is 0 Å². The molecule has 1 N–H and O–H groups in total. The van der Waals surface area contributed by atoms with Crippen molar-refractivity contribution in [3.8, 4) is 0 Å². The lowest BCUT2D eigenvalue weighted by Crippen LogP contribution is -2.40. The summed E-state index contributed by atoms with van der Waals surface area (Å²) in [6.07, 6.45) is 0. The largest absolute Gasteiger partial charge is 0.383 e. The van der Waals surface area contributed by atoms with Crippen LogP contribution >= 0.6 is 0 Å². The molecular weight excluding hydrogens is 288 g/mol. The Balaban J connectivity index is 1.95. The topological polar surface area (TPSA) is 58.6 Å². The molecule has 118 valence electrons. The number of rotatable bonds is 6. The first-order valence-corrected chi connectivity index (χ1v) is 9.08. The molecule has 1 saturated heterocycles. The van der Waals surface area contributed by atoms with Gasteiger partial charge in [-0.15, -0.1) is 0 Å². The number of sulfone groups is 1. The van der Waals surface area contributed by atoms with Crippen LogP contribution in [0.1, 0.15) is 11.1 Å². The third-order valence-electron chi connectivity index (χ3n) is 3.83. The highest BCUT2D eigenvalue weighted by Gasteiger charge is 2.21. The normalized spacial score (nSPS) is 17.9. The predicted octanol–water partition coefficient (Wildman–Crippen LogP) is 0.966. The van der Waals surface area contributed by atoms with Gasteiger partial charge in [-0.05, 0) is 30.2 Å². The fraction of sp³-hybridized carbons (Fsp3) is 0.600. The molecule has 0 radical (unpaired) electrons. The Labute approximate surface area is 127 Å². The highest BCUT2D eigenvalue weighted by molar-refractivity contribution is 7.91. The Morgan fingerprint density at radius 2 is 2.00 bits per heavy atom. The number of anilines is 1. The average molecular weight is 312 g/mol. The number of hydrogen-bond acceptors (Lipinski definition) is 5. The minimum Gasteiger partial charge on any atom is -0.383 e. The van der Waals surface area contributed by atoms with Crippen molar-refractivity contribution >= 4 is 15.5 Å². The van der Waals surface area contributed by atoms with Crippen LogP contribution in [0.4, 0.5) is 5.69 Å². The molecule has 1 aliphatic heterocycles. The summed E-state index contributed by atoms with van der Waals surface area (Å²) >= 11 is 0. The van der Waals surface area contributed by atoms with E-state index in [4.69, 9.17) is 4.74 Å². The monoisotopic (exact) mass is 312 g/mol. The Morgan fingerprint density at radius 3 is 2.62 bits per heavy atom. The van der Waals surface area contributed by atoms with E-state index in [0.29, 0.717) is 19.7 Å². The van der Waals surface area contributed by atoms with Crippen LogP contribution in [-0.2, 0) is 21.1 Å². The van der Waals surface area contributed by atoms with E-state index in [1.165, 1.54) is 11.1 Å². The van der Waals surface area contributed by atoms with Gasteiger partial charge < -0.3 is 15.0 Å². The molecule has 0 aliphatic carbocycles. The zero-order valence-electron chi connectivity index (χ0n) is 12.8. The molecule has 0 aromatic heterocycles. The lowest BCUT2D eigenvalue weighted by Gasteiger charge is -2.29. The first kappa shape index (κ1) is 16.3. The van der Waals surface area contributed by atoms with E-state index >= 15 is 0 Å². The third kappa shape index (κ3) is 4.69. The maximum atomic E-state index is 11.5. The molecule has 0 atom stereocenters. The molecule has 1 heterocycles. The van der Waals surface area contributed by atoms with Gasteiger partial charge in [0.05, 0.1) is 18.1 Å². The standard InChI is InChI=1S/C15H24N2O3S/c1-13-11-15(17-6-9-21(18,19)10-7-17)4-3-14(13)12-16-5-8-20-2/h3-4,11,16H,5-10,12H2,1-2H3. The summed E-state index contributed by atoms with van der Waals surface area (Å²) in [5.41, 5.74) is 3.60. The Morgan fingerprint density at radius 1 is 1.29 bits per heavy atom. The van der Waals surface area contributed by atoms with Gasteiger partial charge in [0.2, 0.25) is 0 Å². The maximum Gasteiger partial charge on any atom is 0.153 e. The summed E-state index contributed by atoms with van der Waals surface area (Å²) in [7, 11) is -1.13. The molecule has 5 nitrogen and oxygen atoms in total. The van der Waals surface area contributed by atoms with Crippen molar-refractivity contribution < 1.29 is 13.2 Å². The van der Waals surface area contributed by atoms with Gasteiger partial charge in [0.15, 0.2) is 9.84 Å². The lowest BCUT2D eigenvalue weighted by atomic mass is 10.1. The molecule has 0 spiro atoms. The fourth-order valence-corrected chi connectivity index (χ4v) is 3.64. The molecule has 1 aliphatic rings. The van der Waals surface area contributed by atoms with Crippen LogP contribution in [-0.4, -0.2) is 53.3 Å². The predicted molar refractivity (Wildman–Crippen MR) is 85.6 cm³/mol. The van der Waals surface area contributed by atoms with Gasteiger partial charge in [0.25, 0.3) is 0 Å². The zero-order chi connectivity index (χ0) is 15.3. The number of nitrogens with one attached hydrogen (secondary N) is 1. The summed E-state index contributed by atoms with van der Waals surface area (Å²) in [6, 6.07) is 6.34. The Hall–Kier alpha value is -1.11. The summed E-state index contributed by atoms with van der Waals surface area (Å²) in [4.78, 5) is 2.15. The van der Waals surface area contributed by atoms with Crippen molar-refractivity contribution in [2.24, 2.45) is 0 Å². The van der Waals surface area contributed by atoms with E-state index < -0.39 is 9.84 Å². The quantitative estimate of drug-likeness (QED) is 0.793. The van der Waals surface area contributed by atoms with Gasteiger partial charge in [0.1, 0.15) is 0 Å². The smallest absolute Gasteiger partial charge is 0.153 e. The second-order valence-electron chi connectivity index (χ2n) is 5.42. The van der Waals surface area contributed by atoms with Crippen LogP contribution in [0.15, 0.2) is 18.2 Å². The molecule has 21 heavy (non-hydrogen) atoms.